The quantitative estimate of drug-likeness (QED) is 0.0261. The van der Waals surface area contributed by atoms with E-state index in [1.165, 1.54) is 276 Å². The van der Waals surface area contributed by atoms with E-state index in [1.54, 1.807) is 0 Å². The van der Waals surface area contributed by atoms with Crippen molar-refractivity contribution in [3.63, 3.8) is 0 Å². The van der Waals surface area contributed by atoms with Crippen LogP contribution in [0.25, 0.3) is 0 Å². The molecule has 0 spiro atoms. The number of carbonyl (C=O) groups excluding carboxylic acids is 3. The van der Waals surface area contributed by atoms with Gasteiger partial charge in [0.15, 0.2) is 6.10 Å². The van der Waals surface area contributed by atoms with Crippen LogP contribution in [-0.2, 0) is 28.6 Å². The van der Waals surface area contributed by atoms with Crippen molar-refractivity contribution in [2.24, 2.45) is 0 Å². The summed E-state index contributed by atoms with van der Waals surface area (Å²) in [5.41, 5.74) is 0. The van der Waals surface area contributed by atoms with Crippen LogP contribution in [0.3, 0.4) is 0 Å². The molecule has 0 aromatic rings. The Labute approximate surface area is 474 Å². The molecule has 6 nitrogen and oxygen atoms in total. The normalized spacial score (nSPS) is 12.1. The van der Waals surface area contributed by atoms with Crippen molar-refractivity contribution in [1.29, 1.82) is 0 Å². The molecule has 0 saturated carbocycles. The van der Waals surface area contributed by atoms with E-state index >= 15 is 0 Å². The molecule has 1 unspecified atom stereocenters. The molecule has 0 rings (SSSR count). The van der Waals surface area contributed by atoms with Crippen molar-refractivity contribution in [2.75, 3.05) is 13.2 Å². The number of allylic oxidation sites excluding steroid dienone is 4. The van der Waals surface area contributed by atoms with Crippen LogP contribution in [0.4, 0.5) is 0 Å². The van der Waals surface area contributed by atoms with Gasteiger partial charge in [-0.3, -0.25) is 14.4 Å². The van der Waals surface area contributed by atoms with Crippen molar-refractivity contribution in [1.82, 2.24) is 0 Å². The number of unbranched alkanes of at least 4 members (excludes halogenated alkanes) is 49. The van der Waals surface area contributed by atoms with E-state index in [-0.39, 0.29) is 31.1 Å². The number of hydrogen-bond acceptors (Lipinski definition) is 6. The molecule has 0 bridgehead atoms. The summed E-state index contributed by atoms with van der Waals surface area (Å²) in [7, 11) is 0. The van der Waals surface area contributed by atoms with E-state index in [4.69, 9.17) is 14.2 Å². The molecule has 76 heavy (non-hydrogen) atoms. The lowest BCUT2D eigenvalue weighted by atomic mass is 10.0. The van der Waals surface area contributed by atoms with Crippen molar-refractivity contribution < 1.29 is 28.6 Å². The van der Waals surface area contributed by atoms with Crippen LogP contribution < -0.4 is 0 Å². The highest BCUT2D eigenvalue weighted by molar-refractivity contribution is 5.71. The van der Waals surface area contributed by atoms with E-state index in [1.807, 2.05) is 0 Å². The van der Waals surface area contributed by atoms with Crippen LogP contribution in [0.1, 0.15) is 387 Å². The molecule has 0 aliphatic carbocycles. The van der Waals surface area contributed by atoms with Crippen LogP contribution >= 0.6 is 0 Å². The molecule has 6 heteroatoms. The molecular formula is C70H132O6. The summed E-state index contributed by atoms with van der Waals surface area (Å²) in [5, 5.41) is 0. The molecule has 0 heterocycles. The minimum Gasteiger partial charge on any atom is -0.462 e. The Morgan fingerprint density at radius 3 is 0.750 bits per heavy atom. The zero-order chi connectivity index (χ0) is 55.0. The Balaban J connectivity index is 4.26. The predicted octanol–water partition coefficient (Wildman–Crippen LogP) is 23.4. The van der Waals surface area contributed by atoms with Gasteiger partial charge in [0.2, 0.25) is 0 Å². The third-order valence-corrected chi connectivity index (χ3v) is 15.7. The Bertz CT molecular complexity index is 1230. The van der Waals surface area contributed by atoms with Crippen molar-refractivity contribution in [3.05, 3.63) is 24.3 Å². The second-order valence-corrected chi connectivity index (χ2v) is 23.5. The van der Waals surface area contributed by atoms with Gasteiger partial charge in [0, 0.05) is 19.3 Å². The van der Waals surface area contributed by atoms with Gasteiger partial charge >= 0.3 is 17.9 Å². The summed E-state index contributed by atoms with van der Waals surface area (Å²) in [6.07, 6.45) is 79.1. The van der Waals surface area contributed by atoms with E-state index in [2.05, 4.69) is 45.1 Å². The van der Waals surface area contributed by atoms with Crippen LogP contribution in [-0.4, -0.2) is 37.2 Å². The fraction of sp³-hybridized carbons (Fsp3) is 0.900. The average molecular weight is 1070 g/mol. The van der Waals surface area contributed by atoms with Crippen LogP contribution in [0.2, 0.25) is 0 Å². The topological polar surface area (TPSA) is 78.9 Å². The van der Waals surface area contributed by atoms with Crippen LogP contribution in [0, 0.1) is 0 Å². The fourth-order valence-corrected chi connectivity index (χ4v) is 10.5. The lowest BCUT2D eigenvalue weighted by Crippen LogP contribution is -2.30. The maximum Gasteiger partial charge on any atom is 0.306 e. The zero-order valence-electron chi connectivity index (χ0n) is 51.6. The molecule has 0 aliphatic rings. The summed E-state index contributed by atoms with van der Waals surface area (Å²) in [4.78, 5) is 38.4. The fourth-order valence-electron chi connectivity index (χ4n) is 10.5. The highest BCUT2D eigenvalue weighted by atomic mass is 16.6. The van der Waals surface area contributed by atoms with Gasteiger partial charge in [0.1, 0.15) is 13.2 Å². The maximum absolute atomic E-state index is 12.9. The third kappa shape index (κ3) is 62.7. The SMILES string of the molecule is CCCCC/C=C\C/C=C\CCCCCCCCCC(=O)OC(COC(=O)CCCCCCCCCCCCCCCCCCC)COC(=O)CCCCCCCCCCCCCCCCCCCCCCCCCC. The smallest absolute Gasteiger partial charge is 0.306 e. The first-order valence-electron chi connectivity index (χ1n) is 34.3. The number of ether oxygens (including phenoxy) is 3. The van der Waals surface area contributed by atoms with Gasteiger partial charge in [-0.05, 0) is 51.4 Å². The summed E-state index contributed by atoms with van der Waals surface area (Å²) in [6.45, 7) is 6.69. The minimum absolute atomic E-state index is 0.0681. The highest BCUT2D eigenvalue weighted by Gasteiger charge is 2.19. The Morgan fingerprint density at radius 1 is 0.263 bits per heavy atom. The first-order valence-corrected chi connectivity index (χ1v) is 34.3. The van der Waals surface area contributed by atoms with Crippen molar-refractivity contribution >= 4 is 17.9 Å². The molecular weight excluding hydrogens is 937 g/mol. The van der Waals surface area contributed by atoms with Gasteiger partial charge in [-0.1, -0.05) is 340 Å². The standard InChI is InChI=1S/C70H132O6/c1-4-7-10-13-16-19-22-25-28-31-32-33-34-35-36-37-40-42-45-48-51-54-57-60-63-69(72)75-66-67(76-70(73)64-61-58-55-52-49-46-43-39-30-27-24-21-18-15-12-9-6-3)65-74-68(71)62-59-56-53-50-47-44-41-38-29-26-23-20-17-14-11-8-5-2/h18,21,27,30,67H,4-17,19-20,22-26,28-29,31-66H2,1-3H3/b21-18-,30-27-. The van der Waals surface area contributed by atoms with Gasteiger partial charge in [0.25, 0.3) is 0 Å². The monoisotopic (exact) mass is 1070 g/mol. The Morgan fingerprint density at radius 2 is 0.474 bits per heavy atom. The molecule has 0 aromatic carbocycles. The summed E-state index contributed by atoms with van der Waals surface area (Å²) < 4.78 is 17.0. The zero-order valence-corrected chi connectivity index (χ0v) is 51.6. The summed E-state index contributed by atoms with van der Waals surface area (Å²) in [5.74, 6) is -0.844. The number of carbonyl (C=O) groups is 3. The van der Waals surface area contributed by atoms with Gasteiger partial charge in [-0.25, -0.2) is 0 Å². The van der Waals surface area contributed by atoms with Gasteiger partial charge in [0.05, 0.1) is 0 Å². The molecule has 0 N–H and O–H groups in total. The lowest BCUT2D eigenvalue weighted by molar-refractivity contribution is -0.167. The number of hydrogen-bond donors (Lipinski definition) is 0. The van der Waals surface area contributed by atoms with Crippen LogP contribution in [0.5, 0.6) is 0 Å². The Kier molecular flexibility index (Phi) is 63.6. The minimum atomic E-state index is -0.772. The molecule has 0 aliphatic heterocycles. The molecule has 448 valence electrons. The predicted molar refractivity (Wildman–Crippen MR) is 330 cm³/mol. The van der Waals surface area contributed by atoms with Gasteiger partial charge in [-0.15, -0.1) is 0 Å². The van der Waals surface area contributed by atoms with E-state index in [0.29, 0.717) is 19.3 Å². The molecule has 0 radical (unpaired) electrons. The van der Waals surface area contributed by atoms with Gasteiger partial charge < -0.3 is 14.2 Å². The van der Waals surface area contributed by atoms with E-state index in [9.17, 15) is 14.4 Å². The molecule has 0 aromatic heterocycles. The first kappa shape index (κ1) is 73.9. The summed E-state index contributed by atoms with van der Waals surface area (Å²) in [6, 6.07) is 0. The second-order valence-electron chi connectivity index (χ2n) is 23.5. The molecule has 0 fully saturated rings. The van der Waals surface area contributed by atoms with E-state index < -0.39 is 6.10 Å². The first-order chi connectivity index (χ1) is 37.5. The second kappa shape index (κ2) is 65.4. The molecule has 1 atom stereocenters. The average Bonchev–Trinajstić information content (AvgIpc) is 3.42. The maximum atomic E-state index is 12.9. The third-order valence-electron chi connectivity index (χ3n) is 15.7. The van der Waals surface area contributed by atoms with Crippen molar-refractivity contribution in [2.45, 2.75) is 393 Å². The van der Waals surface area contributed by atoms with Crippen molar-refractivity contribution in [3.8, 4) is 0 Å². The molecule has 0 saturated heterocycles. The largest absolute Gasteiger partial charge is 0.462 e. The van der Waals surface area contributed by atoms with Gasteiger partial charge in [-0.2, -0.15) is 0 Å². The van der Waals surface area contributed by atoms with E-state index in [0.717, 1.165) is 70.6 Å². The highest BCUT2D eigenvalue weighted by Crippen LogP contribution is 2.19. The summed E-state index contributed by atoms with van der Waals surface area (Å²) >= 11 is 0. The number of rotatable bonds is 64. The number of esters is 3. The van der Waals surface area contributed by atoms with Crippen LogP contribution in [0.15, 0.2) is 24.3 Å². The Hall–Kier alpha value is -2.11. The lowest BCUT2D eigenvalue weighted by Gasteiger charge is -2.18. The molecule has 0 amide bonds.